The molecule has 1 N–H and O–H groups in total. The van der Waals surface area contributed by atoms with Gasteiger partial charge in [-0.3, -0.25) is 4.90 Å². The fourth-order valence-electron chi connectivity index (χ4n) is 3.16. The molecule has 0 radical (unpaired) electrons. The van der Waals surface area contributed by atoms with Crippen LogP contribution < -0.4 is 5.32 Å². The molecule has 1 fully saturated rings. The van der Waals surface area contributed by atoms with Crippen LogP contribution in [0.2, 0.25) is 0 Å². The number of hydrogen-bond acceptors (Lipinski definition) is 3. The summed E-state index contributed by atoms with van der Waals surface area (Å²) in [4.78, 5) is 16.7. The summed E-state index contributed by atoms with van der Waals surface area (Å²) in [5.41, 5.74) is 3.56. The van der Waals surface area contributed by atoms with Gasteiger partial charge in [-0.15, -0.1) is 0 Å². The second-order valence-corrected chi connectivity index (χ2v) is 6.66. The molecule has 0 spiro atoms. The summed E-state index contributed by atoms with van der Waals surface area (Å²) in [5, 5.41) is 3.02. The van der Waals surface area contributed by atoms with Crippen LogP contribution in [0.5, 0.6) is 0 Å². The van der Waals surface area contributed by atoms with Crippen LogP contribution in [0.25, 0.3) is 0 Å². The van der Waals surface area contributed by atoms with Crippen LogP contribution in [0.4, 0.5) is 4.79 Å². The number of nitrogens with one attached hydrogen (secondary N) is 1. The van der Waals surface area contributed by atoms with Gasteiger partial charge < -0.3 is 15.0 Å². The van der Waals surface area contributed by atoms with Crippen molar-refractivity contribution in [3.63, 3.8) is 0 Å². The number of amides is 2. The normalized spacial score (nSPS) is 15.0. The van der Waals surface area contributed by atoms with Crippen molar-refractivity contribution in [2.75, 3.05) is 33.3 Å². The van der Waals surface area contributed by atoms with Gasteiger partial charge in [0.2, 0.25) is 0 Å². The highest BCUT2D eigenvalue weighted by atomic mass is 16.5. The fraction of sp³-hybridized carbons (Fsp3) is 0.381. The average Bonchev–Trinajstić information content (AvgIpc) is 2.69. The Hall–Kier alpha value is -2.37. The minimum absolute atomic E-state index is 0.0188. The Bertz CT molecular complexity index is 680. The van der Waals surface area contributed by atoms with Gasteiger partial charge >= 0.3 is 6.03 Å². The molecule has 0 bridgehead atoms. The first-order chi connectivity index (χ1) is 12.7. The Morgan fingerprint density at radius 1 is 0.923 bits per heavy atom. The lowest BCUT2D eigenvalue weighted by Gasteiger charge is -2.34. The Kier molecular flexibility index (Phi) is 6.63. The number of urea groups is 1. The van der Waals surface area contributed by atoms with Crippen molar-refractivity contribution in [1.82, 2.24) is 15.1 Å². The second kappa shape index (κ2) is 9.36. The molecule has 2 aromatic carbocycles. The number of piperazine rings is 1. The van der Waals surface area contributed by atoms with Crippen LogP contribution in [-0.2, 0) is 24.4 Å². The summed E-state index contributed by atoms with van der Waals surface area (Å²) in [6, 6.07) is 18.6. The zero-order valence-electron chi connectivity index (χ0n) is 15.4. The molecular weight excluding hydrogens is 326 g/mol. The van der Waals surface area contributed by atoms with Crippen LogP contribution in [0.3, 0.4) is 0 Å². The van der Waals surface area contributed by atoms with E-state index in [1.807, 2.05) is 35.2 Å². The summed E-state index contributed by atoms with van der Waals surface area (Å²) in [7, 11) is 1.69. The van der Waals surface area contributed by atoms with Gasteiger partial charge in [-0.25, -0.2) is 4.79 Å². The Labute approximate surface area is 155 Å². The fourth-order valence-corrected chi connectivity index (χ4v) is 3.16. The van der Waals surface area contributed by atoms with Crippen molar-refractivity contribution in [2.24, 2.45) is 0 Å². The summed E-state index contributed by atoms with van der Waals surface area (Å²) >= 11 is 0. The van der Waals surface area contributed by atoms with Gasteiger partial charge in [-0.2, -0.15) is 0 Å². The third-order valence-corrected chi connectivity index (χ3v) is 4.69. The maximum atomic E-state index is 12.4. The molecule has 1 aliphatic heterocycles. The van der Waals surface area contributed by atoms with Crippen molar-refractivity contribution in [1.29, 1.82) is 0 Å². The molecule has 0 aromatic heterocycles. The highest BCUT2D eigenvalue weighted by molar-refractivity contribution is 5.74. The van der Waals surface area contributed by atoms with Gasteiger partial charge in [0.15, 0.2) is 0 Å². The molecule has 2 aromatic rings. The highest BCUT2D eigenvalue weighted by Gasteiger charge is 2.20. The molecule has 5 nitrogen and oxygen atoms in total. The first kappa shape index (κ1) is 18.4. The van der Waals surface area contributed by atoms with E-state index in [2.05, 4.69) is 34.5 Å². The van der Waals surface area contributed by atoms with Crippen LogP contribution in [0.1, 0.15) is 16.7 Å². The van der Waals surface area contributed by atoms with Crippen LogP contribution in [0, 0.1) is 0 Å². The summed E-state index contributed by atoms with van der Waals surface area (Å²) in [6.07, 6.45) is 0. The molecule has 5 heteroatoms. The molecule has 1 heterocycles. The smallest absolute Gasteiger partial charge is 0.317 e. The van der Waals surface area contributed by atoms with E-state index < -0.39 is 0 Å². The van der Waals surface area contributed by atoms with Crippen molar-refractivity contribution >= 4 is 6.03 Å². The van der Waals surface area contributed by atoms with E-state index >= 15 is 0 Å². The zero-order valence-corrected chi connectivity index (χ0v) is 15.4. The Balaban J connectivity index is 1.40. The number of carbonyl (C=O) groups is 1. The van der Waals surface area contributed by atoms with Gasteiger partial charge in [0, 0.05) is 46.4 Å². The van der Waals surface area contributed by atoms with Crippen molar-refractivity contribution in [2.45, 2.75) is 19.7 Å². The molecule has 1 saturated heterocycles. The van der Waals surface area contributed by atoms with E-state index in [9.17, 15) is 4.79 Å². The molecule has 0 unspecified atom stereocenters. The van der Waals surface area contributed by atoms with Gasteiger partial charge in [0.1, 0.15) is 0 Å². The van der Waals surface area contributed by atoms with Crippen molar-refractivity contribution in [3.8, 4) is 0 Å². The second-order valence-electron chi connectivity index (χ2n) is 6.66. The first-order valence-corrected chi connectivity index (χ1v) is 9.10. The van der Waals surface area contributed by atoms with Gasteiger partial charge in [0.05, 0.1) is 6.61 Å². The Morgan fingerprint density at radius 3 is 2.23 bits per heavy atom. The number of hydrogen-bond donors (Lipinski definition) is 1. The van der Waals surface area contributed by atoms with E-state index in [1.165, 1.54) is 5.56 Å². The molecule has 3 rings (SSSR count). The maximum absolute atomic E-state index is 12.4. The molecule has 138 valence electrons. The van der Waals surface area contributed by atoms with E-state index in [-0.39, 0.29) is 6.03 Å². The molecular formula is C21H27N3O2. The minimum Gasteiger partial charge on any atom is -0.380 e. The molecule has 0 atom stereocenters. The summed E-state index contributed by atoms with van der Waals surface area (Å²) in [5.74, 6) is 0. The predicted molar refractivity (Wildman–Crippen MR) is 103 cm³/mol. The van der Waals surface area contributed by atoms with E-state index in [4.69, 9.17) is 4.74 Å². The van der Waals surface area contributed by atoms with Crippen LogP contribution in [0.15, 0.2) is 54.6 Å². The lowest BCUT2D eigenvalue weighted by atomic mass is 10.1. The molecule has 0 aliphatic carbocycles. The number of ether oxygens (including phenoxy) is 1. The zero-order chi connectivity index (χ0) is 18.2. The van der Waals surface area contributed by atoms with Gasteiger partial charge in [-0.1, -0.05) is 54.6 Å². The average molecular weight is 353 g/mol. The Morgan fingerprint density at radius 2 is 1.58 bits per heavy atom. The SMILES string of the molecule is COCc1ccc(CNC(=O)N2CCN(Cc3ccccc3)CC2)cc1. The number of rotatable bonds is 6. The van der Waals surface area contributed by atoms with Crippen LogP contribution >= 0.6 is 0 Å². The molecule has 26 heavy (non-hydrogen) atoms. The first-order valence-electron chi connectivity index (χ1n) is 9.10. The lowest BCUT2D eigenvalue weighted by Crippen LogP contribution is -2.51. The van der Waals surface area contributed by atoms with Gasteiger partial charge in [-0.05, 0) is 16.7 Å². The molecule has 1 aliphatic rings. The lowest BCUT2D eigenvalue weighted by molar-refractivity contribution is 0.135. The molecule has 2 amide bonds. The van der Waals surface area contributed by atoms with Crippen molar-refractivity contribution < 1.29 is 9.53 Å². The maximum Gasteiger partial charge on any atom is 0.317 e. The van der Waals surface area contributed by atoms with Crippen LogP contribution in [-0.4, -0.2) is 49.1 Å². The quantitative estimate of drug-likeness (QED) is 0.869. The third kappa shape index (κ3) is 5.31. The topological polar surface area (TPSA) is 44.8 Å². The van der Waals surface area contributed by atoms with E-state index in [1.54, 1.807) is 7.11 Å². The van der Waals surface area contributed by atoms with Crippen molar-refractivity contribution in [3.05, 3.63) is 71.3 Å². The predicted octanol–water partition coefficient (Wildman–Crippen LogP) is 2.86. The number of nitrogens with zero attached hydrogens (tertiary/aromatic N) is 2. The van der Waals surface area contributed by atoms with E-state index in [0.717, 1.165) is 43.9 Å². The van der Waals surface area contributed by atoms with Gasteiger partial charge in [0.25, 0.3) is 0 Å². The summed E-state index contributed by atoms with van der Waals surface area (Å²) < 4.78 is 5.11. The third-order valence-electron chi connectivity index (χ3n) is 4.69. The largest absolute Gasteiger partial charge is 0.380 e. The molecule has 0 saturated carbocycles. The summed E-state index contributed by atoms with van der Waals surface area (Å²) in [6.45, 7) is 5.47. The number of methoxy groups -OCH3 is 1. The highest BCUT2D eigenvalue weighted by Crippen LogP contribution is 2.09. The number of carbonyl (C=O) groups excluding carboxylic acids is 1. The van der Waals surface area contributed by atoms with E-state index in [0.29, 0.717) is 13.2 Å². The minimum atomic E-state index is 0.0188. The number of benzene rings is 2. The monoisotopic (exact) mass is 353 g/mol. The standard InChI is InChI=1S/C21H27N3O2/c1-26-17-20-9-7-18(8-10-20)15-22-21(25)24-13-11-23(12-14-24)16-19-5-3-2-4-6-19/h2-10H,11-17H2,1H3,(H,22,25).